The maximum Gasteiger partial charge on any atom is 0.267 e. The molecule has 1 aromatic heterocycles. The van der Waals surface area contributed by atoms with Crippen molar-refractivity contribution in [2.75, 3.05) is 6.54 Å². The van der Waals surface area contributed by atoms with Crippen LogP contribution in [-0.2, 0) is 22.6 Å². The van der Waals surface area contributed by atoms with Crippen molar-refractivity contribution in [1.29, 1.82) is 0 Å². The van der Waals surface area contributed by atoms with Crippen molar-refractivity contribution in [2.24, 2.45) is 0 Å². The molecule has 0 unspecified atom stereocenters. The molecule has 0 spiro atoms. The lowest BCUT2D eigenvalue weighted by atomic mass is 9.99. The van der Waals surface area contributed by atoms with E-state index in [1.54, 1.807) is 43.3 Å². The van der Waals surface area contributed by atoms with Crippen LogP contribution in [0.25, 0.3) is 0 Å². The molecule has 40 heavy (non-hydrogen) atoms. The Hall–Kier alpha value is -4.19. The lowest BCUT2D eigenvalue weighted by Gasteiger charge is -2.30. The second-order valence-corrected chi connectivity index (χ2v) is 9.80. The second-order valence-electron chi connectivity index (χ2n) is 9.80. The fourth-order valence-electron chi connectivity index (χ4n) is 4.74. The SMILES string of the molecule is Cc1noc(C)c1C(=O)N[C@@H](Cc1ccccc1)[C@H](O)C(=O)N1CC(F)(F)C[C@H]1C(=O)NCc1cccc(F)c1. The van der Waals surface area contributed by atoms with Gasteiger partial charge in [0.05, 0.1) is 18.3 Å². The maximum atomic E-state index is 14.5. The Morgan fingerprint density at radius 2 is 1.82 bits per heavy atom. The molecule has 1 aliphatic heterocycles. The number of rotatable bonds is 9. The van der Waals surface area contributed by atoms with Crippen molar-refractivity contribution < 1.29 is 37.2 Å². The predicted octanol–water partition coefficient (Wildman–Crippen LogP) is 2.69. The summed E-state index contributed by atoms with van der Waals surface area (Å²) in [7, 11) is 0. The van der Waals surface area contributed by atoms with Gasteiger partial charge in [0.25, 0.3) is 17.7 Å². The Kier molecular flexibility index (Phi) is 8.58. The molecule has 0 saturated carbocycles. The molecule has 3 aromatic rings. The van der Waals surface area contributed by atoms with Crippen molar-refractivity contribution in [1.82, 2.24) is 20.7 Å². The highest BCUT2D eigenvalue weighted by Gasteiger charge is 2.51. The van der Waals surface area contributed by atoms with Gasteiger partial charge in [-0.2, -0.15) is 0 Å². The predicted molar refractivity (Wildman–Crippen MR) is 137 cm³/mol. The Bertz CT molecular complexity index is 1360. The zero-order chi connectivity index (χ0) is 29.0. The topological polar surface area (TPSA) is 125 Å². The Balaban J connectivity index is 1.54. The van der Waals surface area contributed by atoms with Gasteiger partial charge in [-0.15, -0.1) is 0 Å². The highest BCUT2D eigenvalue weighted by atomic mass is 19.3. The molecule has 1 fully saturated rings. The molecule has 3 amide bonds. The normalized spacial score (nSPS) is 17.8. The highest BCUT2D eigenvalue weighted by Crippen LogP contribution is 2.33. The summed E-state index contributed by atoms with van der Waals surface area (Å²) < 4.78 is 47.5. The van der Waals surface area contributed by atoms with Gasteiger partial charge in [0.2, 0.25) is 5.91 Å². The number of likely N-dealkylation sites (tertiary alicyclic amines) is 1. The molecule has 12 heteroatoms. The average Bonchev–Trinajstić information content (AvgIpc) is 3.43. The number of aliphatic hydroxyl groups is 1. The zero-order valence-electron chi connectivity index (χ0n) is 21.9. The van der Waals surface area contributed by atoms with Gasteiger partial charge >= 0.3 is 0 Å². The van der Waals surface area contributed by atoms with Crippen LogP contribution in [0.2, 0.25) is 0 Å². The van der Waals surface area contributed by atoms with Crippen LogP contribution in [0.4, 0.5) is 13.2 Å². The maximum absolute atomic E-state index is 14.5. The molecule has 3 atom stereocenters. The third-order valence-electron chi connectivity index (χ3n) is 6.72. The van der Waals surface area contributed by atoms with E-state index in [0.717, 1.165) is 0 Å². The molecule has 2 heterocycles. The minimum atomic E-state index is -3.38. The van der Waals surface area contributed by atoms with Crippen LogP contribution < -0.4 is 10.6 Å². The van der Waals surface area contributed by atoms with Gasteiger partial charge in [-0.1, -0.05) is 47.6 Å². The van der Waals surface area contributed by atoms with Crippen molar-refractivity contribution >= 4 is 17.7 Å². The summed E-state index contributed by atoms with van der Waals surface area (Å²) >= 11 is 0. The number of hydrogen-bond acceptors (Lipinski definition) is 6. The number of aromatic nitrogens is 1. The number of amides is 3. The summed E-state index contributed by atoms with van der Waals surface area (Å²) in [6.45, 7) is 1.85. The van der Waals surface area contributed by atoms with Crippen LogP contribution in [0.3, 0.4) is 0 Å². The van der Waals surface area contributed by atoms with E-state index in [4.69, 9.17) is 4.52 Å². The standard InChI is InChI=1S/C28H29F3N4O5/c1-16-23(17(2)40-34-16)26(38)33-21(12-18-7-4-3-5-8-18)24(36)27(39)35-15-28(30,31)13-22(35)25(37)32-14-19-9-6-10-20(29)11-19/h3-11,21-22,24,36H,12-15H2,1-2H3,(H,32,37)(H,33,38)/t21-,22-,24-/m0/s1. The number of aliphatic hydroxyl groups excluding tert-OH is 1. The van der Waals surface area contributed by atoms with E-state index in [1.807, 2.05) is 0 Å². The summed E-state index contributed by atoms with van der Waals surface area (Å²) in [5.74, 6) is -6.36. The first-order chi connectivity index (χ1) is 18.9. The number of carbonyl (C=O) groups excluding carboxylic acids is 3. The van der Waals surface area contributed by atoms with E-state index in [1.165, 1.54) is 25.1 Å². The molecule has 212 valence electrons. The minimum Gasteiger partial charge on any atom is -0.381 e. The van der Waals surface area contributed by atoms with Crippen molar-refractivity contribution in [3.63, 3.8) is 0 Å². The summed E-state index contributed by atoms with van der Waals surface area (Å²) in [4.78, 5) is 40.0. The third-order valence-corrected chi connectivity index (χ3v) is 6.72. The fraction of sp³-hybridized carbons (Fsp3) is 0.357. The van der Waals surface area contributed by atoms with E-state index in [2.05, 4.69) is 15.8 Å². The van der Waals surface area contributed by atoms with Gasteiger partial charge in [-0.05, 0) is 43.5 Å². The van der Waals surface area contributed by atoms with E-state index in [0.29, 0.717) is 21.7 Å². The largest absolute Gasteiger partial charge is 0.381 e. The number of benzene rings is 2. The quantitative estimate of drug-likeness (QED) is 0.371. The van der Waals surface area contributed by atoms with Gasteiger partial charge in [-0.25, -0.2) is 13.2 Å². The molecule has 1 aliphatic rings. The average molecular weight is 559 g/mol. The first-order valence-corrected chi connectivity index (χ1v) is 12.6. The van der Waals surface area contributed by atoms with Crippen LogP contribution in [0.15, 0.2) is 59.1 Å². The van der Waals surface area contributed by atoms with Crippen molar-refractivity contribution in [3.05, 3.63) is 88.6 Å². The van der Waals surface area contributed by atoms with Gasteiger partial charge in [0.15, 0.2) is 6.10 Å². The van der Waals surface area contributed by atoms with Gasteiger partial charge in [-0.3, -0.25) is 14.4 Å². The van der Waals surface area contributed by atoms with Gasteiger partial charge < -0.3 is 25.2 Å². The van der Waals surface area contributed by atoms with Gasteiger partial charge in [0.1, 0.15) is 23.2 Å². The number of nitrogens with zero attached hydrogens (tertiary/aromatic N) is 2. The molecule has 3 N–H and O–H groups in total. The number of halogens is 3. The van der Waals surface area contributed by atoms with Crippen LogP contribution in [0, 0.1) is 19.7 Å². The van der Waals surface area contributed by atoms with Gasteiger partial charge in [0, 0.05) is 13.0 Å². The number of nitrogens with one attached hydrogen (secondary N) is 2. The molecular weight excluding hydrogens is 529 g/mol. The zero-order valence-corrected chi connectivity index (χ0v) is 21.9. The summed E-state index contributed by atoms with van der Waals surface area (Å²) in [6, 6.07) is 11.3. The van der Waals surface area contributed by atoms with Crippen molar-refractivity contribution in [3.8, 4) is 0 Å². The Morgan fingerprint density at radius 1 is 1.12 bits per heavy atom. The number of aryl methyl sites for hydroxylation is 2. The Labute approximate surface area is 228 Å². The van der Waals surface area contributed by atoms with Crippen LogP contribution in [0.1, 0.15) is 39.4 Å². The second kappa shape index (κ2) is 11.9. The summed E-state index contributed by atoms with van der Waals surface area (Å²) in [5.41, 5.74) is 1.49. The lowest BCUT2D eigenvalue weighted by Crippen LogP contribution is -2.56. The Morgan fingerprint density at radius 3 is 2.48 bits per heavy atom. The monoisotopic (exact) mass is 558 g/mol. The summed E-state index contributed by atoms with van der Waals surface area (Å²) in [6.07, 6.45) is -2.92. The molecule has 0 radical (unpaired) electrons. The first kappa shape index (κ1) is 28.8. The number of hydrogen-bond donors (Lipinski definition) is 3. The van der Waals surface area contributed by atoms with Crippen LogP contribution in [-0.4, -0.2) is 63.5 Å². The summed E-state index contributed by atoms with van der Waals surface area (Å²) in [5, 5.41) is 19.9. The van der Waals surface area contributed by atoms with Crippen LogP contribution >= 0.6 is 0 Å². The minimum absolute atomic E-state index is 0.0104. The van der Waals surface area contributed by atoms with Crippen molar-refractivity contribution in [2.45, 2.75) is 57.3 Å². The molecular formula is C28H29F3N4O5. The highest BCUT2D eigenvalue weighted by molar-refractivity contribution is 5.97. The number of alkyl halides is 2. The van der Waals surface area contributed by atoms with E-state index in [-0.39, 0.29) is 24.3 Å². The fourth-order valence-corrected chi connectivity index (χ4v) is 4.74. The number of carbonyl (C=O) groups is 3. The molecule has 0 bridgehead atoms. The smallest absolute Gasteiger partial charge is 0.267 e. The molecule has 4 rings (SSSR count). The first-order valence-electron chi connectivity index (χ1n) is 12.6. The van der Waals surface area contributed by atoms with E-state index in [9.17, 15) is 32.7 Å². The lowest BCUT2D eigenvalue weighted by molar-refractivity contribution is -0.147. The molecule has 1 saturated heterocycles. The molecule has 2 aromatic carbocycles. The van der Waals surface area contributed by atoms with E-state index < -0.39 is 60.6 Å². The van der Waals surface area contributed by atoms with E-state index >= 15 is 0 Å². The third kappa shape index (κ3) is 6.68. The van der Waals surface area contributed by atoms with Crippen LogP contribution in [0.5, 0.6) is 0 Å². The molecule has 0 aliphatic carbocycles. The molecule has 9 nitrogen and oxygen atoms in total.